The number of piperazine rings is 1. The second-order valence-corrected chi connectivity index (χ2v) is 4.88. The molecule has 0 saturated carbocycles. The Morgan fingerprint density at radius 3 is 2.76 bits per heavy atom. The highest BCUT2D eigenvalue weighted by Gasteiger charge is 2.20. The predicted octanol–water partition coefficient (Wildman–Crippen LogP) is 1.67. The van der Waals surface area contributed by atoms with Crippen molar-refractivity contribution in [1.29, 1.82) is 0 Å². The zero-order valence-electron chi connectivity index (χ0n) is 10.4. The summed E-state index contributed by atoms with van der Waals surface area (Å²) in [5.41, 5.74) is 0.833. The maximum atomic E-state index is 13.1. The van der Waals surface area contributed by atoms with Gasteiger partial charge in [-0.1, -0.05) is 0 Å². The van der Waals surface area contributed by atoms with Crippen molar-refractivity contribution in [3.63, 3.8) is 0 Å². The number of hydrogen-bond donors (Lipinski definition) is 1. The van der Waals surface area contributed by atoms with Gasteiger partial charge in [0.05, 0.1) is 0 Å². The first-order valence-electron chi connectivity index (χ1n) is 5.95. The Kier molecular flexibility index (Phi) is 3.64. The number of likely N-dealkylation sites (N-methyl/N-ethyl adjacent to an activating group) is 1. The van der Waals surface area contributed by atoms with Gasteiger partial charge in [0.15, 0.2) is 0 Å². The lowest BCUT2D eigenvalue weighted by molar-refractivity contribution is 0.0999. The number of benzene rings is 1. The first-order valence-corrected chi connectivity index (χ1v) is 5.95. The van der Waals surface area contributed by atoms with Crippen LogP contribution in [0.15, 0.2) is 18.2 Å². The Morgan fingerprint density at radius 1 is 1.35 bits per heavy atom. The summed E-state index contributed by atoms with van der Waals surface area (Å²) in [5.74, 6) is -0.371. The van der Waals surface area contributed by atoms with E-state index < -0.39 is 0 Å². The Hall–Kier alpha value is -1.13. The maximum absolute atomic E-state index is 13.1. The second-order valence-electron chi connectivity index (χ2n) is 4.88. The van der Waals surface area contributed by atoms with E-state index in [9.17, 15) is 9.50 Å². The van der Waals surface area contributed by atoms with Crippen molar-refractivity contribution in [3.05, 3.63) is 29.6 Å². The van der Waals surface area contributed by atoms with Gasteiger partial charge < -0.3 is 10.0 Å². The zero-order chi connectivity index (χ0) is 12.4. The highest BCUT2D eigenvalue weighted by molar-refractivity contribution is 5.28. The Morgan fingerprint density at radius 2 is 2.12 bits per heavy atom. The SMILES string of the molecule is CC1CN(Cc2cc(O)cc(F)c2)CCN1C. The molecule has 1 aromatic carbocycles. The van der Waals surface area contributed by atoms with Crippen LogP contribution in [0.2, 0.25) is 0 Å². The Balaban J connectivity index is 2.01. The average Bonchev–Trinajstić information content (AvgIpc) is 2.22. The molecule has 2 rings (SSSR count). The van der Waals surface area contributed by atoms with Gasteiger partial charge in [0.2, 0.25) is 0 Å². The third kappa shape index (κ3) is 3.17. The molecule has 0 spiro atoms. The number of hydrogen-bond acceptors (Lipinski definition) is 3. The van der Waals surface area contributed by atoms with E-state index in [0.29, 0.717) is 12.6 Å². The van der Waals surface area contributed by atoms with E-state index in [4.69, 9.17) is 0 Å². The third-order valence-electron chi connectivity index (χ3n) is 3.39. The molecule has 1 fully saturated rings. The van der Waals surface area contributed by atoms with E-state index in [1.54, 1.807) is 6.07 Å². The summed E-state index contributed by atoms with van der Waals surface area (Å²) in [6.07, 6.45) is 0. The van der Waals surface area contributed by atoms with Crippen molar-refractivity contribution in [3.8, 4) is 5.75 Å². The van der Waals surface area contributed by atoms with E-state index in [1.807, 2.05) is 0 Å². The molecule has 1 atom stereocenters. The lowest BCUT2D eigenvalue weighted by atomic mass is 10.1. The summed E-state index contributed by atoms with van der Waals surface area (Å²) in [6, 6.07) is 4.77. The van der Waals surface area contributed by atoms with Gasteiger partial charge in [-0.15, -0.1) is 0 Å². The number of aromatic hydroxyl groups is 1. The van der Waals surface area contributed by atoms with Gasteiger partial charge in [-0.05, 0) is 31.7 Å². The van der Waals surface area contributed by atoms with E-state index in [1.165, 1.54) is 6.07 Å². The van der Waals surface area contributed by atoms with Crippen molar-refractivity contribution in [1.82, 2.24) is 9.80 Å². The summed E-state index contributed by atoms with van der Waals surface area (Å²) < 4.78 is 13.1. The quantitative estimate of drug-likeness (QED) is 0.849. The molecule has 1 saturated heterocycles. The summed E-state index contributed by atoms with van der Waals surface area (Å²) in [5, 5.41) is 9.35. The van der Waals surface area contributed by atoms with Gasteiger partial charge in [0.1, 0.15) is 11.6 Å². The first kappa shape index (κ1) is 12.3. The topological polar surface area (TPSA) is 26.7 Å². The van der Waals surface area contributed by atoms with Crippen LogP contribution in [0.5, 0.6) is 5.75 Å². The van der Waals surface area contributed by atoms with Crippen LogP contribution in [0, 0.1) is 5.82 Å². The number of halogens is 1. The van der Waals surface area contributed by atoms with Crippen molar-refractivity contribution >= 4 is 0 Å². The van der Waals surface area contributed by atoms with E-state index in [0.717, 1.165) is 31.3 Å². The van der Waals surface area contributed by atoms with E-state index >= 15 is 0 Å². The molecule has 1 aliphatic heterocycles. The third-order valence-corrected chi connectivity index (χ3v) is 3.39. The molecule has 0 bridgehead atoms. The number of phenolic OH excluding ortho intramolecular Hbond substituents is 1. The number of nitrogens with zero attached hydrogens (tertiary/aromatic N) is 2. The van der Waals surface area contributed by atoms with Gasteiger partial charge in [0.25, 0.3) is 0 Å². The molecule has 0 aromatic heterocycles. The largest absolute Gasteiger partial charge is 0.508 e. The summed E-state index contributed by atoms with van der Waals surface area (Å²) in [7, 11) is 2.12. The molecule has 3 nitrogen and oxygen atoms in total. The molecule has 1 N–H and O–H groups in total. The van der Waals surface area contributed by atoms with Gasteiger partial charge in [-0.25, -0.2) is 4.39 Å². The van der Waals surface area contributed by atoms with Gasteiger partial charge >= 0.3 is 0 Å². The lowest BCUT2D eigenvalue weighted by Gasteiger charge is -2.37. The van der Waals surface area contributed by atoms with Crippen molar-refractivity contribution < 1.29 is 9.50 Å². The van der Waals surface area contributed by atoms with Crippen molar-refractivity contribution in [2.45, 2.75) is 19.5 Å². The van der Waals surface area contributed by atoms with E-state index in [2.05, 4.69) is 23.8 Å². The fraction of sp³-hybridized carbons (Fsp3) is 0.538. The van der Waals surface area contributed by atoms with Gasteiger partial charge in [-0.3, -0.25) is 4.90 Å². The minimum atomic E-state index is -0.373. The van der Waals surface area contributed by atoms with Crippen LogP contribution in [0.25, 0.3) is 0 Å². The van der Waals surface area contributed by atoms with Gasteiger partial charge in [0, 0.05) is 38.3 Å². The molecular weight excluding hydrogens is 219 g/mol. The summed E-state index contributed by atoms with van der Waals surface area (Å²) in [6.45, 7) is 5.88. The van der Waals surface area contributed by atoms with E-state index in [-0.39, 0.29) is 11.6 Å². The summed E-state index contributed by atoms with van der Waals surface area (Å²) in [4.78, 5) is 4.61. The smallest absolute Gasteiger partial charge is 0.127 e. The first-order chi connectivity index (χ1) is 8.04. The van der Waals surface area contributed by atoms with Gasteiger partial charge in [-0.2, -0.15) is 0 Å². The Labute approximate surface area is 101 Å². The molecule has 17 heavy (non-hydrogen) atoms. The average molecular weight is 238 g/mol. The number of rotatable bonds is 2. The highest BCUT2D eigenvalue weighted by Crippen LogP contribution is 2.17. The predicted molar refractivity (Wildman–Crippen MR) is 65.4 cm³/mol. The molecule has 1 aromatic rings. The molecular formula is C13H19FN2O. The molecule has 0 aliphatic carbocycles. The second kappa shape index (κ2) is 5.02. The van der Waals surface area contributed by atoms with Crippen LogP contribution in [-0.4, -0.2) is 47.6 Å². The van der Waals surface area contributed by atoms with Crippen LogP contribution >= 0.6 is 0 Å². The normalized spacial score (nSPS) is 22.9. The molecule has 1 aliphatic rings. The Bertz CT molecular complexity index is 377. The molecule has 94 valence electrons. The van der Waals surface area contributed by atoms with Crippen LogP contribution in [0.4, 0.5) is 4.39 Å². The van der Waals surface area contributed by atoms with Crippen LogP contribution in [0.1, 0.15) is 12.5 Å². The molecule has 1 heterocycles. The highest BCUT2D eigenvalue weighted by atomic mass is 19.1. The molecule has 4 heteroatoms. The fourth-order valence-electron chi connectivity index (χ4n) is 2.25. The standard InChI is InChI=1S/C13H19FN2O/c1-10-8-16(4-3-15(10)2)9-11-5-12(14)7-13(17)6-11/h5-7,10,17H,3-4,8-9H2,1-2H3. The minimum Gasteiger partial charge on any atom is -0.508 e. The molecule has 1 unspecified atom stereocenters. The van der Waals surface area contributed by atoms with Crippen molar-refractivity contribution in [2.24, 2.45) is 0 Å². The monoisotopic (exact) mass is 238 g/mol. The molecule has 0 radical (unpaired) electrons. The van der Waals surface area contributed by atoms with Crippen molar-refractivity contribution in [2.75, 3.05) is 26.7 Å². The fourth-order valence-corrected chi connectivity index (χ4v) is 2.25. The lowest BCUT2D eigenvalue weighted by Crippen LogP contribution is -2.49. The van der Waals surface area contributed by atoms with Crippen LogP contribution < -0.4 is 0 Å². The maximum Gasteiger partial charge on any atom is 0.127 e. The van der Waals surface area contributed by atoms with Crippen LogP contribution in [-0.2, 0) is 6.54 Å². The van der Waals surface area contributed by atoms with Crippen LogP contribution in [0.3, 0.4) is 0 Å². The molecule has 0 amide bonds. The zero-order valence-corrected chi connectivity index (χ0v) is 10.4. The number of phenols is 1. The minimum absolute atomic E-state index is 0.00201. The summed E-state index contributed by atoms with van der Waals surface area (Å²) >= 11 is 0.